The second-order valence-electron chi connectivity index (χ2n) is 8.24. The maximum Gasteiger partial charge on any atom is 0.253 e. The summed E-state index contributed by atoms with van der Waals surface area (Å²) in [7, 11) is 0. The average Bonchev–Trinajstić information content (AvgIpc) is 3.21. The summed E-state index contributed by atoms with van der Waals surface area (Å²) in [5, 5.41) is 7.60. The lowest BCUT2D eigenvalue weighted by molar-refractivity contribution is -0.127. The van der Waals surface area contributed by atoms with Crippen LogP contribution in [0.4, 0.5) is 4.39 Å². The van der Waals surface area contributed by atoms with E-state index in [9.17, 15) is 14.0 Å². The fourth-order valence-electron chi connectivity index (χ4n) is 4.21. The van der Waals surface area contributed by atoms with Gasteiger partial charge in [0.05, 0.1) is 17.9 Å². The monoisotopic (exact) mass is 434 g/mol. The summed E-state index contributed by atoms with van der Waals surface area (Å²) in [5.41, 5.74) is 3.41. The van der Waals surface area contributed by atoms with Gasteiger partial charge in [0.25, 0.3) is 5.91 Å². The minimum atomic E-state index is -0.365. The molecule has 1 N–H and O–H groups in total. The first kappa shape index (κ1) is 21.7. The summed E-state index contributed by atoms with van der Waals surface area (Å²) in [4.78, 5) is 27.2. The minimum Gasteiger partial charge on any atom is -0.349 e. The van der Waals surface area contributed by atoms with Crippen LogP contribution < -0.4 is 5.32 Å². The highest BCUT2D eigenvalue weighted by Gasteiger charge is 2.29. The zero-order valence-corrected chi connectivity index (χ0v) is 18.3. The van der Waals surface area contributed by atoms with Crippen LogP contribution in [0.1, 0.15) is 47.4 Å². The van der Waals surface area contributed by atoms with Crippen LogP contribution in [-0.2, 0) is 4.79 Å². The van der Waals surface area contributed by atoms with E-state index in [2.05, 4.69) is 10.4 Å². The van der Waals surface area contributed by atoms with E-state index in [0.717, 1.165) is 16.9 Å². The van der Waals surface area contributed by atoms with E-state index in [4.69, 9.17) is 0 Å². The lowest BCUT2D eigenvalue weighted by Gasteiger charge is -2.32. The van der Waals surface area contributed by atoms with Crippen molar-refractivity contribution in [2.45, 2.75) is 32.7 Å². The molecule has 0 saturated carbocycles. The fourth-order valence-corrected chi connectivity index (χ4v) is 4.21. The first-order valence-corrected chi connectivity index (χ1v) is 10.9. The molecule has 1 aliphatic heterocycles. The molecule has 4 rings (SSSR count). The SMILES string of the molecule is Cc1c(C(C)NC(=O)C2CCN(C(=O)c3ccc(F)cc3)CC2)cnn1-c1ccccc1. The molecule has 32 heavy (non-hydrogen) atoms. The summed E-state index contributed by atoms with van der Waals surface area (Å²) in [6.45, 7) is 4.98. The summed E-state index contributed by atoms with van der Waals surface area (Å²) >= 11 is 0. The molecule has 2 heterocycles. The van der Waals surface area contributed by atoms with Crippen LogP contribution in [-0.4, -0.2) is 39.6 Å². The second kappa shape index (κ2) is 9.34. The van der Waals surface area contributed by atoms with Crippen LogP contribution in [0.25, 0.3) is 5.69 Å². The lowest BCUT2D eigenvalue weighted by atomic mass is 9.94. The van der Waals surface area contributed by atoms with Crippen molar-refractivity contribution >= 4 is 11.8 Å². The molecule has 0 aliphatic carbocycles. The normalized spacial score (nSPS) is 15.4. The zero-order chi connectivity index (χ0) is 22.7. The van der Waals surface area contributed by atoms with Crippen LogP contribution in [0.15, 0.2) is 60.8 Å². The predicted octanol–water partition coefficient (Wildman–Crippen LogP) is 4.05. The smallest absolute Gasteiger partial charge is 0.253 e. The van der Waals surface area contributed by atoms with E-state index >= 15 is 0 Å². The molecule has 166 valence electrons. The Morgan fingerprint density at radius 2 is 1.72 bits per heavy atom. The summed E-state index contributed by atoms with van der Waals surface area (Å²) in [6.07, 6.45) is 3.01. The van der Waals surface area contributed by atoms with E-state index in [-0.39, 0.29) is 29.6 Å². The number of likely N-dealkylation sites (tertiary alicyclic amines) is 1. The molecule has 1 aliphatic rings. The number of rotatable bonds is 5. The molecule has 1 atom stereocenters. The minimum absolute atomic E-state index is 0.00163. The van der Waals surface area contributed by atoms with Gasteiger partial charge in [-0.2, -0.15) is 5.10 Å². The van der Waals surface area contributed by atoms with E-state index in [1.54, 1.807) is 11.1 Å². The van der Waals surface area contributed by atoms with Crippen molar-refractivity contribution in [2.24, 2.45) is 5.92 Å². The first-order valence-electron chi connectivity index (χ1n) is 10.9. The number of carbonyl (C=O) groups excluding carboxylic acids is 2. The van der Waals surface area contributed by atoms with Crippen molar-refractivity contribution in [3.05, 3.63) is 83.4 Å². The number of piperidine rings is 1. The number of halogens is 1. The third-order valence-electron chi connectivity index (χ3n) is 6.12. The standard InChI is InChI=1S/C25H27FN4O2/c1-17(23-16-27-30(18(23)2)22-6-4-3-5-7-22)28-24(31)19-12-14-29(15-13-19)25(32)20-8-10-21(26)11-9-20/h3-11,16-17,19H,12-15H2,1-2H3,(H,28,31). The average molecular weight is 435 g/mol. The number of nitrogens with one attached hydrogen (secondary N) is 1. The highest BCUT2D eigenvalue weighted by Crippen LogP contribution is 2.23. The largest absolute Gasteiger partial charge is 0.349 e. The Labute approximate surface area is 187 Å². The number of para-hydroxylation sites is 1. The topological polar surface area (TPSA) is 67.2 Å². The number of benzene rings is 2. The zero-order valence-electron chi connectivity index (χ0n) is 18.3. The van der Waals surface area contributed by atoms with Gasteiger partial charge in [-0.1, -0.05) is 18.2 Å². The van der Waals surface area contributed by atoms with Crippen molar-refractivity contribution < 1.29 is 14.0 Å². The maximum atomic E-state index is 13.1. The van der Waals surface area contributed by atoms with E-state index in [1.807, 2.05) is 48.9 Å². The van der Waals surface area contributed by atoms with Gasteiger partial charge in [-0.15, -0.1) is 0 Å². The van der Waals surface area contributed by atoms with E-state index in [0.29, 0.717) is 31.5 Å². The van der Waals surface area contributed by atoms with Crippen LogP contribution in [0.2, 0.25) is 0 Å². The summed E-state index contributed by atoms with van der Waals surface area (Å²) < 4.78 is 15.0. The van der Waals surface area contributed by atoms with Gasteiger partial charge in [0.2, 0.25) is 5.91 Å². The van der Waals surface area contributed by atoms with Crippen LogP contribution in [0, 0.1) is 18.7 Å². The molecule has 7 heteroatoms. The Bertz CT molecular complexity index is 1090. The highest BCUT2D eigenvalue weighted by atomic mass is 19.1. The molecule has 2 amide bonds. The molecule has 3 aromatic rings. The molecule has 0 bridgehead atoms. The number of aromatic nitrogens is 2. The van der Waals surface area contributed by atoms with Gasteiger partial charge in [-0.25, -0.2) is 9.07 Å². The molecule has 1 fully saturated rings. The maximum absolute atomic E-state index is 13.1. The van der Waals surface area contributed by atoms with Crippen molar-refractivity contribution in [3.8, 4) is 5.69 Å². The Morgan fingerprint density at radius 1 is 1.06 bits per heavy atom. The van der Waals surface area contributed by atoms with Gasteiger partial charge in [0.15, 0.2) is 0 Å². The Kier molecular flexibility index (Phi) is 6.35. The Hall–Kier alpha value is -3.48. The van der Waals surface area contributed by atoms with Crippen molar-refractivity contribution in [3.63, 3.8) is 0 Å². The predicted molar refractivity (Wildman–Crippen MR) is 120 cm³/mol. The Balaban J connectivity index is 1.34. The quantitative estimate of drug-likeness (QED) is 0.659. The third-order valence-corrected chi connectivity index (χ3v) is 6.12. The van der Waals surface area contributed by atoms with Crippen molar-refractivity contribution in [1.82, 2.24) is 20.0 Å². The van der Waals surface area contributed by atoms with Crippen molar-refractivity contribution in [2.75, 3.05) is 13.1 Å². The van der Waals surface area contributed by atoms with Gasteiger partial charge in [-0.05, 0) is 63.1 Å². The number of hydrogen-bond acceptors (Lipinski definition) is 3. The van der Waals surface area contributed by atoms with Crippen LogP contribution in [0.3, 0.4) is 0 Å². The van der Waals surface area contributed by atoms with Crippen molar-refractivity contribution in [1.29, 1.82) is 0 Å². The molecule has 1 aromatic heterocycles. The third kappa shape index (κ3) is 4.56. The molecular weight excluding hydrogens is 407 g/mol. The number of hydrogen-bond donors (Lipinski definition) is 1. The molecule has 1 saturated heterocycles. The van der Waals surface area contributed by atoms with Crippen LogP contribution >= 0.6 is 0 Å². The van der Waals surface area contributed by atoms with E-state index < -0.39 is 0 Å². The van der Waals surface area contributed by atoms with Gasteiger partial charge in [0.1, 0.15) is 5.82 Å². The summed E-state index contributed by atoms with van der Waals surface area (Å²) in [5.74, 6) is -0.630. The van der Waals surface area contributed by atoms with Crippen LogP contribution in [0.5, 0.6) is 0 Å². The number of nitrogens with zero attached hydrogens (tertiary/aromatic N) is 3. The molecule has 0 radical (unpaired) electrons. The van der Waals surface area contributed by atoms with Gasteiger partial charge >= 0.3 is 0 Å². The first-order chi connectivity index (χ1) is 15.4. The Morgan fingerprint density at radius 3 is 2.38 bits per heavy atom. The van der Waals surface area contributed by atoms with E-state index in [1.165, 1.54) is 24.3 Å². The molecule has 6 nitrogen and oxygen atoms in total. The molecule has 1 unspecified atom stereocenters. The van der Waals surface area contributed by atoms with Gasteiger partial charge in [-0.3, -0.25) is 9.59 Å². The highest BCUT2D eigenvalue weighted by molar-refractivity contribution is 5.94. The molecule has 2 aromatic carbocycles. The van der Waals surface area contributed by atoms with Gasteiger partial charge in [0, 0.05) is 35.8 Å². The fraction of sp³-hybridized carbons (Fsp3) is 0.320. The lowest BCUT2D eigenvalue weighted by Crippen LogP contribution is -2.43. The summed E-state index contributed by atoms with van der Waals surface area (Å²) in [6, 6.07) is 15.3. The molecular formula is C25H27FN4O2. The second-order valence-corrected chi connectivity index (χ2v) is 8.24. The number of carbonyl (C=O) groups is 2. The number of amides is 2. The van der Waals surface area contributed by atoms with Gasteiger partial charge < -0.3 is 10.2 Å². The molecule has 0 spiro atoms.